The van der Waals surface area contributed by atoms with Crippen molar-refractivity contribution in [1.29, 1.82) is 0 Å². The predicted molar refractivity (Wildman–Crippen MR) is 56.0 cm³/mol. The van der Waals surface area contributed by atoms with Crippen LogP contribution >= 0.6 is 11.8 Å². The Hall–Kier alpha value is -0.550. The first-order chi connectivity index (χ1) is 6.86. The number of nitrogens with zero attached hydrogens (tertiary/aromatic N) is 2. The summed E-state index contributed by atoms with van der Waals surface area (Å²) in [6.07, 6.45) is 4.40. The topological polar surface area (TPSA) is 66.6 Å². The van der Waals surface area contributed by atoms with Gasteiger partial charge in [-0.15, -0.1) is 10.2 Å². The predicted octanol–water partition coefficient (Wildman–Crippen LogP) is 1.14. The summed E-state index contributed by atoms with van der Waals surface area (Å²) in [5, 5.41) is 8.61. The molecule has 1 aromatic heterocycles. The molecule has 0 aromatic carbocycles. The molecule has 0 radical (unpaired) electrons. The van der Waals surface area contributed by atoms with Gasteiger partial charge in [0, 0.05) is 6.42 Å². The van der Waals surface area contributed by atoms with E-state index >= 15 is 0 Å². The van der Waals surface area contributed by atoms with Crippen molar-refractivity contribution in [2.24, 2.45) is 0 Å². The van der Waals surface area contributed by atoms with Crippen LogP contribution in [0.15, 0.2) is 9.64 Å². The summed E-state index contributed by atoms with van der Waals surface area (Å²) in [6.45, 7) is 3.09. The number of aryl methyl sites for hydroxylation is 1. The van der Waals surface area contributed by atoms with Gasteiger partial charge in [0.05, 0.1) is 6.54 Å². The average Bonchev–Trinajstić information content (AvgIpc) is 2.61. The van der Waals surface area contributed by atoms with E-state index < -0.39 is 0 Å². The van der Waals surface area contributed by atoms with Crippen molar-refractivity contribution in [1.82, 2.24) is 10.2 Å². The second kappa shape index (κ2) is 6.84. The van der Waals surface area contributed by atoms with Gasteiger partial charge in [0.2, 0.25) is 5.89 Å². The highest BCUT2D eigenvalue weighted by molar-refractivity contribution is 7.99. The molecular formula is C9H18N3OS+. The van der Waals surface area contributed by atoms with Crippen LogP contribution in [0.2, 0.25) is 0 Å². The Balaban J connectivity index is 2.22. The van der Waals surface area contributed by atoms with Gasteiger partial charge in [-0.1, -0.05) is 18.7 Å². The number of rotatable bonds is 7. The Labute approximate surface area is 88.7 Å². The first-order valence-corrected chi connectivity index (χ1v) is 6.09. The highest BCUT2D eigenvalue weighted by atomic mass is 32.2. The zero-order valence-electron chi connectivity index (χ0n) is 8.66. The van der Waals surface area contributed by atoms with Gasteiger partial charge in [-0.25, -0.2) is 0 Å². The molecule has 0 amide bonds. The molecule has 0 aliphatic rings. The van der Waals surface area contributed by atoms with E-state index in [0.717, 1.165) is 31.0 Å². The molecule has 4 nitrogen and oxygen atoms in total. The number of hydrogen-bond acceptors (Lipinski definition) is 4. The Morgan fingerprint density at radius 3 is 2.86 bits per heavy atom. The first-order valence-electron chi connectivity index (χ1n) is 5.11. The summed E-state index contributed by atoms with van der Waals surface area (Å²) >= 11 is 1.59. The molecule has 0 aliphatic carbocycles. The quantitative estimate of drug-likeness (QED) is 0.548. The zero-order chi connectivity index (χ0) is 10.2. The van der Waals surface area contributed by atoms with E-state index in [9.17, 15) is 0 Å². The van der Waals surface area contributed by atoms with Crippen LogP contribution in [-0.2, 0) is 6.42 Å². The summed E-state index contributed by atoms with van der Waals surface area (Å²) in [7, 11) is 0. The molecule has 1 rings (SSSR count). The number of unbranched alkanes of at least 4 members (excludes halogenated alkanes) is 2. The van der Waals surface area contributed by atoms with E-state index in [2.05, 4.69) is 22.9 Å². The van der Waals surface area contributed by atoms with Crippen LogP contribution in [0.25, 0.3) is 0 Å². The van der Waals surface area contributed by atoms with Crippen LogP contribution in [-0.4, -0.2) is 22.5 Å². The van der Waals surface area contributed by atoms with E-state index in [1.807, 2.05) is 0 Å². The Bertz CT molecular complexity index is 252. The fourth-order valence-corrected chi connectivity index (χ4v) is 1.65. The molecule has 3 N–H and O–H groups in total. The molecule has 0 bridgehead atoms. The monoisotopic (exact) mass is 216 g/mol. The second-order valence-corrected chi connectivity index (χ2v) is 4.27. The maximum atomic E-state index is 5.43. The fourth-order valence-electron chi connectivity index (χ4n) is 1.15. The molecule has 0 unspecified atom stereocenters. The highest BCUT2D eigenvalue weighted by Crippen LogP contribution is 2.16. The normalized spacial score (nSPS) is 10.7. The minimum absolute atomic E-state index is 0.694. The van der Waals surface area contributed by atoms with Gasteiger partial charge in [0.25, 0.3) is 5.22 Å². The summed E-state index contributed by atoms with van der Waals surface area (Å²) < 4.78 is 5.43. The standard InChI is InChI=1S/C9H17N3OS/c1-2-14-9-12-11-8(13-9)6-4-3-5-7-10/h2-7,10H2,1H3/p+1. The average molecular weight is 216 g/mol. The van der Waals surface area contributed by atoms with Gasteiger partial charge in [0.15, 0.2) is 0 Å². The van der Waals surface area contributed by atoms with E-state index in [0.29, 0.717) is 5.22 Å². The third-order valence-electron chi connectivity index (χ3n) is 1.86. The van der Waals surface area contributed by atoms with Gasteiger partial charge in [-0.2, -0.15) is 0 Å². The van der Waals surface area contributed by atoms with Crippen LogP contribution in [0.4, 0.5) is 0 Å². The molecule has 0 atom stereocenters. The maximum absolute atomic E-state index is 5.43. The van der Waals surface area contributed by atoms with Crippen molar-refractivity contribution in [2.75, 3.05) is 12.3 Å². The molecule has 14 heavy (non-hydrogen) atoms. The molecule has 0 fully saturated rings. The van der Waals surface area contributed by atoms with E-state index in [1.165, 1.54) is 12.8 Å². The van der Waals surface area contributed by atoms with Crippen LogP contribution < -0.4 is 5.73 Å². The Morgan fingerprint density at radius 1 is 1.29 bits per heavy atom. The van der Waals surface area contributed by atoms with Crippen LogP contribution in [0.1, 0.15) is 32.1 Å². The molecule has 0 saturated carbocycles. The van der Waals surface area contributed by atoms with Crippen molar-refractivity contribution < 1.29 is 10.2 Å². The zero-order valence-corrected chi connectivity index (χ0v) is 9.48. The largest absolute Gasteiger partial charge is 0.416 e. The molecule has 1 heterocycles. The van der Waals surface area contributed by atoms with Crippen molar-refractivity contribution >= 4 is 11.8 Å². The lowest BCUT2D eigenvalue weighted by Gasteiger charge is -1.93. The van der Waals surface area contributed by atoms with Gasteiger partial charge in [-0.05, 0) is 25.0 Å². The molecule has 0 saturated heterocycles. The Kier molecular flexibility index (Phi) is 5.63. The summed E-state index contributed by atoms with van der Waals surface area (Å²) in [4.78, 5) is 0. The van der Waals surface area contributed by atoms with E-state index in [4.69, 9.17) is 4.42 Å². The smallest absolute Gasteiger partial charge is 0.276 e. The summed E-state index contributed by atoms with van der Waals surface area (Å²) in [5.74, 6) is 1.74. The SMILES string of the molecule is CCSc1nnc(CCCCC[NH3+])o1. The van der Waals surface area contributed by atoms with Crippen molar-refractivity contribution in [3.63, 3.8) is 0 Å². The third kappa shape index (κ3) is 4.11. The molecule has 0 spiro atoms. The van der Waals surface area contributed by atoms with Crippen molar-refractivity contribution in [3.05, 3.63) is 5.89 Å². The number of thioether (sulfide) groups is 1. The van der Waals surface area contributed by atoms with Gasteiger partial charge >= 0.3 is 0 Å². The lowest BCUT2D eigenvalue weighted by molar-refractivity contribution is -0.368. The second-order valence-electron chi connectivity index (χ2n) is 3.06. The number of hydrogen-bond donors (Lipinski definition) is 1. The Morgan fingerprint density at radius 2 is 2.14 bits per heavy atom. The lowest BCUT2D eigenvalue weighted by Crippen LogP contribution is -2.50. The fraction of sp³-hybridized carbons (Fsp3) is 0.778. The van der Waals surface area contributed by atoms with Gasteiger partial charge < -0.3 is 10.2 Å². The number of quaternary nitrogens is 1. The minimum atomic E-state index is 0.694. The van der Waals surface area contributed by atoms with Gasteiger partial charge in [-0.3, -0.25) is 0 Å². The van der Waals surface area contributed by atoms with Crippen molar-refractivity contribution in [2.45, 2.75) is 37.8 Å². The molecule has 80 valence electrons. The first kappa shape index (κ1) is 11.5. The lowest BCUT2D eigenvalue weighted by atomic mass is 10.2. The molecular weight excluding hydrogens is 198 g/mol. The van der Waals surface area contributed by atoms with Crippen LogP contribution in [0, 0.1) is 0 Å². The molecule has 1 aromatic rings. The third-order valence-corrected chi connectivity index (χ3v) is 2.56. The highest BCUT2D eigenvalue weighted by Gasteiger charge is 2.04. The number of aromatic nitrogens is 2. The van der Waals surface area contributed by atoms with E-state index in [1.54, 1.807) is 11.8 Å². The van der Waals surface area contributed by atoms with Crippen LogP contribution in [0.3, 0.4) is 0 Å². The summed E-state index contributed by atoms with van der Waals surface area (Å²) in [6, 6.07) is 0. The van der Waals surface area contributed by atoms with Gasteiger partial charge in [0.1, 0.15) is 0 Å². The van der Waals surface area contributed by atoms with Crippen LogP contribution in [0.5, 0.6) is 0 Å². The summed E-state index contributed by atoms with van der Waals surface area (Å²) in [5.41, 5.74) is 3.80. The minimum Gasteiger partial charge on any atom is -0.416 e. The maximum Gasteiger partial charge on any atom is 0.276 e. The molecule has 5 heteroatoms. The van der Waals surface area contributed by atoms with Crippen molar-refractivity contribution in [3.8, 4) is 0 Å². The molecule has 0 aliphatic heterocycles. The van der Waals surface area contributed by atoms with E-state index in [-0.39, 0.29) is 0 Å².